The van der Waals surface area contributed by atoms with Crippen LogP contribution in [0.2, 0.25) is 0 Å². The lowest BCUT2D eigenvalue weighted by Gasteiger charge is -2.24. The van der Waals surface area contributed by atoms with Crippen LogP contribution in [0.4, 0.5) is 0 Å². The fraction of sp³-hybridized carbons (Fsp3) is 0.556. The molecule has 0 aliphatic heterocycles. The lowest BCUT2D eigenvalue weighted by Crippen LogP contribution is -2.33. The Morgan fingerprint density at radius 3 is 2.75 bits per heavy atom. The quantitative estimate of drug-likeness (QED) is 0.545. The second-order valence-electron chi connectivity index (χ2n) is 2.91. The summed E-state index contributed by atoms with van der Waals surface area (Å²) in [5, 5.41) is 28.0. The molecule has 0 fully saturated rings. The topological polar surface area (TPSA) is 60.7 Å². The molecule has 1 aliphatic rings. The van der Waals surface area contributed by atoms with Gasteiger partial charge in [-0.1, -0.05) is 25.2 Å². The van der Waals surface area contributed by atoms with Gasteiger partial charge in [0.25, 0.3) is 0 Å². The van der Waals surface area contributed by atoms with Crippen molar-refractivity contribution in [1.29, 1.82) is 0 Å². The molecule has 0 saturated heterocycles. The van der Waals surface area contributed by atoms with Crippen LogP contribution in [0.3, 0.4) is 0 Å². The van der Waals surface area contributed by atoms with E-state index < -0.39 is 18.3 Å². The second-order valence-corrected chi connectivity index (χ2v) is 2.91. The monoisotopic (exact) mass is 170 g/mol. The van der Waals surface area contributed by atoms with Gasteiger partial charge in [-0.2, -0.15) is 0 Å². The number of hydrogen-bond acceptors (Lipinski definition) is 3. The number of hydrogen-bond donors (Lipinski definition) is 3. The van der Waals surface area contributed by atoms with Crippen LogP contribution >= 0.6 is 0 Å². The van der Waals surface area contributed by atoms with Crippen molar-refractivity contribution in [3.63, 3.8) is 0 Å². The minimum atomic E-state index is -0.954. The molecule has 0 aromatic heterocycles. The molecule has 3 N–H and O–H groups in total. The maximum Gasteiger partial charge on any atom is 0.107 e. The summed E-state index contributed by atoms with van der Waals surface area (Å²) in [5.74, 6) is 0. The van der Waals surface area contributed by atoms with E-state index in [0.717, 1.165) is 0 Å². The zero-order valence-corrected chi connectivity index (χ0v) is 7.01. The minimum Gasteiger partial charge on any atom is -0.389 e. The van der Waals surface area contributed by atoms with Crippen molar-refractivity contribution in [2.45, 2.75) is 31.7 Å². The zero-order valence-electron chi connectivity index (χ0n) is 7.01. The van der Waals surface area contributed by atoms with Crippen LogP contribution in [0.15, 0.2) is 23.8 Å². The highest BCUT2D eigenvalue weighted by Gasteiger charge is 2.24. The van der Waals surface area contributed by atoms with Gasteiger partial charge < -0.3 is 15.3 Å². The van der Waals surface area contributed by atoms with Gasteiger partial charge in [0.15, 0.2) is 0 Å². The first-order valence-electron chi connectivity index (χ1n) is 4.09. The van der Waals surface area contributed by atoms with Crippen LogP contribution in [0, 0.1) is 0 Å². The highest BCUT2D eigenvalue weighted by Crippen LogP contribution is 2.18. The average Bonchev–Trinajstić information content (AvgIpc) is 2.08. The molecule has 3 nitrogen and oxygen atoms in total. The van der Waals surface area contributed by atoms with Gasteiger partial charge >= 0.3 is 0 Å². The first kappa shape index (κ1) is 9.45. The fourth-order valence-electron chi connectivity index (χ4n) is 1.23. The van der Waals surface area contributed by atoms with Crippen LogP contribution in [-0.2, 0) is 0 Å². The summed E-state index contributed by atoms with van der Waals surface area (Å²) in [6.07, 6.45) is 2.84. The van der Waals surface area contributed by atoms with E-state index in [1.54, 1.807) is 12.2 Å². The molecule has 0 spiro atoms. The molecule has 0 unspecified atom stereocenters. The van der Waals surface area contributed by atoms with Crippen molar-refractivity contribution in [2.24, 2.45) is 0 Å². The second kappa shape index (κ2) is 3.85. The van der Waals surface area contributed by atoms with E-state index in [1.807, 2.05) is 6.92 Å². The molecule has 0 amide bonds. The molecule has 0 aromatic rings. The highest BCUT2D eigenvalue weighted by molar-refractivity contribution is 5.27. The normalized spacial score (nSPS) is 31.5. The SMILES string of the molecule is CC[C@@H](O)C1=CC=C[C@H](O)[C@@H]1O. The van der Waals surface area contributed by atoms with Crippen molar-refractivity contribution >= 4 is 0 Å². The molecule has 1 aliphatic carbocycles. The van der Waals surface area contributed by atoms with E-state index in [-0.39, 0.29) is 0 Å². The number of aliphatic hydroxyl groups is 3. The maximum absolute atomic E-state index is 9.41. The average molecular weight is 170 g/mol. The molecule has 0 heterocycles. The molecular weight excluding hydrogens is 156 g/mol. The predicted octanol–water partition coefficient (Wildman–Crippen LogP) is -0.0247. The van der Waals surface area contributed by atoms with Crippen LogP contribution in [-0.4, -0.2) is 33.6 Å². The number of rotatable bonds is 2. The van der Waals surface area contributed by atoms with E-state index in [2.05, 4.69) is 0 Å². The Kier molecular flexibility index (Phi) is 3.03. The number of allylic oxidation sites excluding steroid dienone is 2. The van der Waals surface area contributed by atoms with Crippen molar-refractivity contribution in [3.05, 3.63) is 23.8 Å². The summed E-state index contributed by atoms with van der Waals surface area (Å²) in [7, 11) is 0. The van der Waals surface area contributed by atoms with Gasteiger partial charge in [-0.25, -0.2) is 0 Å². The van der Waals surface area contributed by atoms with E-state index in [4.69, 9.17) is 0 Å². The smallest absolute Gasteiger partial charge is 0.107 e. The summed E-state index contributed by atoms with van der Waals surface area (Å²) in [4.78, 5) is 0. The van der Waals surface area contributed by atoms with Crippen molar-refractivity contribution in [2.75, 3.05) is 0 Å². The maximum atomic E-state index is 9.41. The van der Waals surface area contributed by atoms with Gasteiger partial charge in [0, 0.05) is 0 Å². The summed E-state index contributed by atoms with van der Waals surface area (Å²) in [5.41, 5.74) is 0.493. The van der Waals surface area contributed by atoms with Crippen LogP contribution in [0.1, 0.15) is 13.3 Å². The summed E-state index contributed by atoms with van der Waals surface area (Å²) < 4.78 is 0. The minimum absolute atomic E-state index is 0.493. The molecular formula is C9H14O3. The van der Waals surface area contributed by atoms with Crippen LogP contribution in [0.5, 0.6) is 0 Å². The third kappa shape index (κ3) is 1.75. The molecule has 3 heteroatoms. The largest absolute Gasteiger partial charge is 0.389 e. The third-order valence-corrected chi connectivity index (χ3v) is 2.03. The Bertz CT molecular complexity index is 208. The molecule has 0 radical (unpaired) electrons. The van der Waals surface area contributed by atoms with E-state index >= 15 is 0 Å². The highest BCUT2D eigenvalue weighted by atomic mass is 16.3. The van der Waals surface area contributed by atoms with E-state index in [9.17, 15) is 15.3 Å². The molecule has 0 bridgehead atoms. The first-order chi connectivity index (χ1) is 5.66. The van der Waals surface area contributed by atoms with Crippen molar-refractivity contribution in [1.82, 2.24) is 0 Å². The molecule has 1 rings (SSSR count). The molecule has 0 saturated carbocycles. The Labute approximate surface area is 71.7 Å². The third-order valence-electron chi connectivity index (χ3n) is 2.03. The van der Waals surface area contributed by atoms with Crippen molar-refractivity contribution in [3.8, 4) is 0 Å². The lowest BCUT2D eigenvalue weighted by atomic mass is 9.94. The molecule has 68 valence electrons. The van der Waals surface area contributed by atoms with Gasteiger partial charge in [-0.15, -0.1) is 0 Å². The summed E-state index contributed by atoms with van der Waals surface area (Å²) >= 11 is 0. The standard InChI is InChI=1S/C9H14O3/c1-2-7(10)6-4-3-5-8(11)9(6)12/h3-5,7-12H,2H2,1H3/t7-,8+,9-/m1/s1. The Balaban J connectivity index is 2.75. The van der Waals surface area contributed by atoms with Crippen molar-refractivity contribution < 1.29 is 15.3 Å². The number of aliphatic hydroxyl groups excluding tert-OH is 3. The van der Waals surface area contributed by atoms with Gasteiger partial charge in [0.1, 0.15) is 12.2 Å². The fourth-order valence-corrected chi connectivity index (χ4v) is 1.23. The van der Waals surface area contributed by atoms with Crippen LogP contribution in [0.25, 0.3) is 0 Å². The van der Waals surface area contributed by atoms with Gasteiger partial charge in [-0.3, -0.25) is 0 Å². The zero-order chi connectivity index (χ0) is 9.14. The van der Waals surface area contributed by atoms with Gasteiger partial charge in [-0.05, 0) is 12.0 Å². The summed E-state index contributed by atoms with van der Waals surface area (Å²) in [6, 6.07) is 0. The first-order valence-corrected chi connectivity index (χ1v) is 4.09. The molecule has 0 aromatic carbocycles. The molecule has 12 heavy (non-hydrogen) atoms. The molecule has 3 atom stereocenters. The van der Waals surface area contributed by atoms with Crippen LogP contribution < -0.4 is 0 Å². The predicted molar refractivity (Wildman–Crippen MR) is 45.5 cm³/mol. The summed E-state index contributed by atoms with van der Waals surface area (Å²) in [6.45, 7) is 1.82. The van der Waals surface area contributed by atoms with E-state index in [1.165, 1.54) is 6.08 Å². The van der Waals surface area contributed by atoms with E-state index in [0.29, 0.717) is 12.0 Å². The Hall–Kier alpha value is -0.640. The lowest BCUT2D eigenvalue weighted by molar-refractivity contribution is 0.0507. The Morgan fingerprint density at radius 2 is 2.17 bits per heavy atom. The van der Waals surface area contributed by atoms with Gasteiger partial charge in [0.05, 0.1) is 6.10 Å². The van der Waals surface area contributed by atoms with Gasteiger partial charge in [0.2, 0.25) is 0 Å². The Morgan fingerprint density at radius 1 is 1.50 bits per heavy atom.